The quantitative estimate of drug-likeness (QED) is 0.658. The van der Waals surface area contributed by atoms with Crippen LogP contribution in [0.15, 0.2) is 42.5 Å². The minimum atomic E-state index is -0.716. The van der Waals surface area contributed by atoms with Crippen molar-refractivity contribution in [1.82, 2.24) is 4.90 Å². The molecule has 2 aliphatic heterocycles. The second-order valence-electron chi connectivity index (χ2n) is 6.22. The minimum absolute atomic E-state index is 0.0416. The maximum absolute atomic E-state index is 12.7. The molecule has 1 saturated heterocycles. The van der Waals surface area contributed by atoms with E-state index in [1.165, 1.54) is 24.3 Å². The van der Waals surface area contributed by atoms with Crippen molar-refractivity contribution < 1.29 is 19.2 Å². The van der Waals surface area contributed by atoms with Crippen LogP contribution in [0.2, 0.25) is 0 Å². The molecule has 0 spiro atoms. The first kappa shape index (κ1) is 16.0. The second kappa shape index (κ2) is 5.80. The lowest BCUT2D eigenvalue weighted by atomic mass is 10.1. The number of nitrogens with zero attached hydrogens (tertiary/aromatic N) is 2. The van der Waals surface area contributed by atoms with Gasteiger partial charge in [0.25, 0.3) is 17.7 Å². The lowest BCUT2D eigenvalue weighted by Crippen LogP contribution is -2.36. The second-order valence-corrected chi connectivity index (χ2v) is 6.22. The van der Waals surface area contributed by atoms with Gasteiger partial charge in [0.15, 0.2) is 0 Å². The SMILES string of the molecule is Nc1cccc2c1C(=O)N(C(=O)c1ccc(N3CCCC3=O)cc1)C2=O. The summed E-state index contributed by atoms with van der Waals surface area (Å²) in [7, 11) is 0. The summed E-state index contributed by atoms with van der Waals surface area (Å²) >= 11 is 0. The summed E-state index contributed by atoms with van der Waals surface area (Å²) in [6, 6.07) is 10.9. The van der Waals surface area contributed by atoms with E-state index in [0.717, 1.165) is 6.42 Å². The molecule has 0 saturated carbocycles. The highest BCUT2D eigenvalue weighted by molar-refractivity contribution is 6.32. The van der Waals surface area contributed by atoms with Gasteiger partial charge in [-0.15, -0.1) is 0 Å². The number of carbonyl (C=O) groups excluding carboxylic acids is 4. The number of benzene rings is 2. The zero-order valence-corrected chi connectivity index (χ0v) is 13.8. The van der Waals surface area contributed by atoms with Gasteiger partial charge in [-0.1, -0.05) is 6.07 Å². The fourth-order valence-electron chi connectivity index (χ4n) is 3.33. The maximum atomic E-state index is 12.7. The van der Waals surface area contributed by atoms with Crippen LogP contribution in [0, 0.1) is 0 Å². The molecule has 2 N–H and O–H groups in total. The molecular weight excluding hydrogens is 334 g/mol. The molecule has 1 fully saturated rings. The molecule has 130 valence electrons. The molecule has 4 rings (SSSR count). The van der Waals surface area contributed by atoms with Crippen LogP contribution < -0.4 is 10.6 Å². The predicted molar refractivity (Wildman–Crippen MR) is 93.7 cm³/mol. The standard InChI is InChI=1S/C19H15N3O4/c20-14-4-1-3-13-16(14)19(26)22(18(13)25)17(24)11-6-8-12(9-7-11)21-10-2-5-15(21)23/h1,3-4,6-9H,2,5,10,20H2. The molecule has 0 radical (unpaired) electrons. The van der Waals surface area contributed by atoms with E-state index >= 15 is 0 Å². The van der Waals surface area contributed by atoms with Crippen LogP contribution in [0.3, 0.4) is 0 Å². The molecule has 26 heavy (non-hydrogen) atoms. The fraction of sp³-hybridized carbons (Fsp3) is 0.158. The highest BCUT2D eigenvalue weighted by atomic mass is 16.2. The average Bonchev–Trinajstić information content (AvgIpc) is 3.17. The van der Waals surface area contributed by atoms with Crippen molar-refractivity contribution in [2.24, 2.45) is 0 Å². The number of amides is 4. The molecule has 0 unspecified atom stereocenters. The smallest absolute Gasteiger partial charge is 0.270 e. The number of anilines is 2. The van der Waals surface area contributed by atoms with Crippen molar-refractivity contribution >= 4 is 35.0 Å². The van der Waals surface area contributed by atoms with Gasteiger partial charge in [0.2, 0.25) is 5.91 Å². The molecule has 0 aliphatic carbocycles. The minimum Gasteiger partial charge on any atom is -0.398 e. The molecule has 2 aliphatic rings. The van der Waals surface area contributed by atoms with E-state index in [4.69, 9.17) is 5.73 Å². The van der Waals surface area contributed by atoms with Crippen molar-refractivity contribution in [3.8, 4) is 0 Å². The number of hydrogen-bond acceptors (Lipinski definition) is 5. The molecule has 0 atom stereocenters. The fourth-order valence-corrected chi connectivity index (χ4v) is 3.33. The van der Waals surface area contributed by atoms with Crippen molar-refractivity contribution in [3.05, 3.63) is 59.2 Å². The molecule has 0 bridgehead atoms. The summed E-state index contributed by atoms with van der Waals surface area (Å²) in [6.07, 6.45) is 1.31. The van der Waals surface area contributed by atoms with E-state index in [1.807, 2.05) is 0 Å². The number of rotatable bonds is 2. The van der Waals surface area contributed by atoms with Crippen molar-refractivity contribution in [1.29, 1.82) is 0 Å². The summed E-state index contributed by atoms with van der Waals surface area (Å²) in [6.45, 7) is 0.643. The Labute approximate surface area is 149 Å². The topological polar surface area (TPSA) is 101 Å². The van der Waals surface area contributed by atoms with Gasteiger partial charge in [-0.05, 0) is 42.8 Å². The first-order valence-electron chi connectivity index (χ1n) is 8.21. The zero-order chi connectivity index (χ0) is 18.4. The van der Waals surface area contributed by atoms with Gasteiger partial charge in [-0.2, -0.15) is 0 Å². The van der Waals surface area contributed by atoms with Crippen LogP contribution in [0.5, 0.6) is 0 Å². The molecular formula is C19H15N3O4. The number of nitrogens with two attached hydrogens (primary N) is 1. The Kier molecular flexibility index (Phi) is 3.57. The third kappa shape index (κ3) is 2.28. The maximum Gasteiger partial charge on any atom is 0.270 e. The average molecular weight is 349 g/mol. The van der Waals surface area contributed by atoms with Gasteiger partial charge < -0.3 is 10.6 Å². The highest BCUT2D eigenvalue weighted by Crippen LogP contribution is 2.29. The van der Waals surface area contributed by atoms with Gasteiger partial charge in [-0.25, -0.2) is 4.90 Å². The normalized spacial score (nSPS) is 16.4. The number of imide groups is 3. The molecule has 2 aromatic rings. The van der Waals surface area contributed by atoms with E-state index < -0.39 is 17.7 Å². The zero-order valence-electron chi connectivity index (χ0n) is 13.8. The predicted octanol–water partition coefficient (Wildman–Crippen LogP) is 1.83. The number of carbonyl (C=O) groups is 4. The van der Waals surface area contributed by atoms with E-state index in [0.29, 0.717) is 23.6 Å². The van der Waals surface area contributed by atoms with E-state index in [2.05, 4.69) is 0 Å². The molecule has 2 heterocycles. The van der Waals surface area contributed by atoms with Crippen LogP contribution in [0.1, 0.15) is 43.9 Å². The number of fused-ring (bicyclic) bond motifs is 1. The van der Waals surface area contributed by atoms with Crippen molar-refractivity contribution in [2.75, 3.05) is 17.2 Å². The third-order valence-electron chi connectivity index (χ3n) is 4.65. The summed E-state index contributed by atoms with van der Waals surface area (Å²) in [4.78, 5) is 51.7. The molecule has 4 amide bonds. The van der Waals surface area contributed by atoms with Crippen LogP contribution in [0.25, 0.3) is 0 Å². The highest BCUT2D eigenvalue weighted by Gasteiger charge is 2.41. The Bertz CT molecular complexity index is 965. The summed E-state index contributed by atoms with van der Waals surface area (Å²) < 4.78 is 0. The Morgan fingerprint density at radius 2 is 1.69 bits per heavy atom. The lowest BCUT2D eigenvalue weighted by Gasteiger charge is -2.17. The molecule has 7 nitrogen and oxygen atoms in total. The van der Waals surface area contributed by atoms with Gasteiger partial charge in [0, 0.05) is 29.9 Å². The summed E-state index contributed by atoms with van der Waals surface area (Å²) in [5.74, 6) is -2.07. The van der Waals surface area contributed by atoms with Gasteiger partial charge >= 0.3 is 0 Å². The monoisotopic (exact) mass is 349 g/mol. The molecule has 7 heteroatoms. The summed E-state index contributed by atoms with van der Waals surface area (Å²) in [5, 5.41) is 0. The number of nitrogen functional groups attached to an aromatic ring is 1. The van der Waals surface area contributed by atoms with Gasteiger partial charge in [-0.3, -0.25) is 19.2 Å². The lowest BCUT2D eigenvalue weighted by molar-refractivity contribution is -0.117. The Hall–Kier alpha value is -3.48. The van der Waals surface area contributed by atoms with Crippen LogP contribution in [-0.2, 0) is 4.79 Å². The first-order valence-corrected chi connectivity index (χ1v) is 8.21. The Morgan fingerprint density at radius 3 is 2.31 bits per heavy atom. The van der Waals surface area contributed by atoms with E-state index in [1.54, 1.807) is 23.1 Å². The molecule has 0 aromatic heterocycles. The van der Waals surface area contributed by atoms with Crippen LogP contribution in [-0.4, -0.2) is 35.1 Å². The number of hydrogen-bond donors (Lipinski definition) is 1. The van der Waals surface area contributed by atoms with Crippen molar-refractivity contribution in [2.45, 2.75) is 12.8 Å². The van der Waals surface area contributed by atoms with E-state index in [-0.39, 0.29) is 28.3 Å². The third-order valence-corrected chi connectivity index (χ3v) is 4.65. The van der Waals surface area contributed by atoms with Crippen LogP contribution in [0.4, 0.5) is 11.4 Å². The van der Waals surface area contributed by atoms with Crippen LogP contribution >= 0.6 is 0 Å². The van der Waals surface area contributed by atoms with Gasteiger partial charge in [0.05, 0.1) is 11.1 Å². The first-order chi connectivity index (χ1) is 12.5. The van der Waals surface area contributed by atoms with E-state index in [9.17, 15) is 19.2 Å². The largest absolute Gasteiger partial charge is 0.398 e. The Balaban J connectivity index is 1.62. The van der Waals surface area contributed by atoms with Gasteiger partial charge in [0.1, 0.15) is 0 Å². The molecule has 2 aromatic carbocycles. The summed E-state index contributed by atoms with van der Waals surface area (Å²) in [5.41, 5.74) is 7.01. The van der Waals surface area contributed by atoms with Crippen molar-refractivity contribution in [3.63, 3.8) is 0 Å². The Morgan fingerprint density at radius 1 is 0.962 bits per heavy atom.